The topological polar surface area (TPSA) is 17.8 Å². The van der Waals surface area contributed by atoms with Crippen LogP contribution in [0, 0.1) is 0 Å². The van der Waals surface area contributed by atoms with E-state index in [9.17, 15) is 0 Å². The lowest BCUT2D eigenvalue weighted by Crippen LogP contribution is -1.95. The first kappa shape index (κ1) is 9.43. The van der Waals surface area contributed by atoms with E-state index in [-0.39, 0.29) is 11.0 Å². The maximum atomic E-state index is 4.17. The van der Waals surface area contributed by atoms with E-state index in [0.29, 0.717) is 0 Å². The molecule has 54 valence electrons. The minimum absolute atomic E-state index is 0. The van der Waals surface area contributed by atoms with Gasteiger partial charge >= 0.3 is 0 Å². The third-order valence-electron chi connectivity index (χ3n) is 1.39. The highest BCUT2D eigenvalue weighted by molar-refractivity contribution is 5.75. The van der Waals surface area contributed by atoms with Crippen LogP contribution in [0.5, 0.6) is 0 Å². The van der Waals surface area contributed by atoms with Crippen molar-refractivity contribution in [3.05, 3.63) is 18.2 Å². The molecule has 0 aliphatic heterocycles. The van der Waals surface area contributed by atoms with Crippen LogP contribution >= 0.6 is 0 Å². The zero-order chi connectivity index (χ0) is 6.69. The van der Waals surface area contributed by atoms with Crippen LogP contribution < -0.4 is 0 Å². The Labute approximate surface area is 66.3 Å². The molecule has 1 aromatic rings. The summed E-state index contributed by atoms with van der Waals surface area (Å²) in [5, 5.41) is 0. The van der Waals surface area contributed by atoms with E-state index >= 15 is 0 Å². The molecule has 0 aromatic carbocycles. The standard InChI is InChI=1S/C7H12N2.Si/c1-3-4-7-8-5-6-9(7)2;/h5-6H,3-4H2,1-2H3;. The van der Waals surface area contributed by atoms with Crippen molar-refractivity contribution in [2.45, 2.75) is 19.8 Å². The summed E-state index contributed by atoms with van der Waals surface area (Å²) in [4.78, 5) is 4.17. The second kappa shape index (κ2) is 4.28. The van der Waals surface area contributed by atoms with Crippen LogP contribution in [0.3, 0.4) is 0 Å². The van der Waals surface area contributed by atoms with Crippen LogP contribution in [0.25, 0.3) is 0 Å². The van der Waals surface area contributed by atoms with Gasteiger partial charge in [0.05, 0.1) is 0 Å². The highest BCUT2D eigenvalue weighted by Crippen LogP contribution is 1.96. The normalized spacial score (nSPS) is 9.00. The molecule has 3 heteroatoms. The van der Waals surface area contributed by atoms with Gasteiger partial charge in [-0.3, -0.25) is 0 Å². The van der Waals surface area contributed by atoms with Crippen molar-refractivity contribution in [3.8, 4) is 0 Å². The lowest BCUT2D eigenvalue weighted by molar-refractivity contribution is 0.759. The number of hydrogen-bond acceptors (Lipinski definition) is 1. The van der Waals surface area contributed by atoms with Crippen molar-refractivity contribution < 1.29 is 0 Å². The first-order chi connectivity index (χ1) is 4.34. The monoisotopic (exact) mass is 152 g/mol. The first-order valence-corrected chi connectivity index (χ1v) is 3.30. The highest BCUT2D eigenvalue weighted by Gasteiger charge is 1.93. The maximum Gasteiger partial charge on any atom is 0.108 e. The summed E-state index contributed by atoms with van der Waals surface area (Å²) in [6.07, 6.45) is 6.07. The Morgan fingerprint density at radius 1 is 1.60 bits per heavy atom. The van der Waals surface area contributed by atoms with E-state index in [0.717, 1.165) is 6.42 Å². The Kier molecular flexibility index (Phi) is 4.03. The van der Waals surface area contributed by atoms with E-state index in [4.69, 9.17) is 0 Å². The molecule has 0 amide bonds. The van der Waals surface area contributed by atoms with Gasteiger partial charge in [0, 0.05) is 36.8 Å². The number of nitrogens with zero attached hydrogens (tertiary/aromatic N) is 2. The maximum absolute atomic E-state index is 4.17. The minimum Gasteiger partial charge on any atom is -0.338 e. The Morgan fingerprint density at radius 2 is 2.30 bits per heavy atom. The largest absolute Gasteiger partial charge is 0.338 e. The summed E-state index contributed by atoms with van der Waals surface area (Å²) in [7, 11) is 2.03. The Balaban J connectivity index is 0.000000810. The van der Waals surface area contributed by atoms with Gasteiger partial charge in [-0.2, -0.15) is 0 Å². The van der Waals surface area contributed by atoms with Crippen LogP contribution in [0.4, 0.5) is 0 Å². The van der Waals surface area contributed by atoms with Gasteiger partial charge in [-0.05, 0) is 6.42 Å². The fraction of sp³-hybridized carbons (Fsp3) is 0.571. The van der Waals surface area contributed by atoms with Gasteiger partial charge in [0.15, 0.2) is 0 Å². The molecule has 1 heterocycles. The van der Waals surface area contributed by atoms with Crippen LogP contribution in [0.2, 0.25) is 0 Å². The van der Waals surface area contributed by atoms with Crippen molar-refractivity contribution in [2.24, 2.45) is 7.05 Å². The van der Waals surface area contributed by atoms with Crippen LogP contribution in [-0.4, -0.2) is 20.5 Å². The second-order valence-electron chi connectivity index (χ2n) is 2.20. The van der Waals surface area contributed by atoms with E-state index in [1.54, 1.807) is 0 Å². The summed E-state index contributed by atoms with van der Waals surface area (Å²) in [5.41, 5.74) is 0. The molecule has 0 saturated carbocycles. The average Bonchev–Trinajstić information content (AvgIpc) is 2.18. The summed E-state index contributed by atoms with van der Waals surface area (Å²) in [5.74, 6) is 1.18. The average molecular weight is 152 g/mol. The zero-order valence-corrected chi connectivity index (χ0v) is 7.46. The first-order valence-electron chi connectivity index (χ1n) is 3.30. The van der Waals surface area contributed by atoms with Crippen molar-refractivity contribution in [1.29, 1.82) is 0 Å². The van der Waals surface area contributed by atoms with Crippen molar-refractivity contribution in [2.75, 3.05) is 0 Å². The Hall–Kier alpha value is -0.573. The third kappa shape index (κ3) is 1.99. The lowest BCUT2D eigenvalue weighted by Gasteiger charge is -1.95. The molecular weight excluding hydrogens is 140 g/mol. The molecule has 10 heavy (non-hydrogen) atoms. The van der Waals surface area contributed by atoms with Crippen LogP contribution in [0.15, 0.2) is 12.4 Å². The minimum atomic E-state index is 0. The van der Waals surface area contributed by atoms with Gasteiger partial charge in [-0.25, -0.2) is 4.98 Å². The molecular formula is C7H12N2Si. The second-order valence-corrected chi connectivity index (χ2v) is 2.20. The quantitative estimate of drug-likeness (QED) is 0.578. The number of aromatic nitrogens is 2. The van der Waals surface area contributed by atoms with E-state index in [2.05, 4.69) is 16.5 Å². The molecule has 0 spiro atoms. The number of imidazole rings is 1. The van der Waals surface area contributed by atoms with E-state index in [1.165, 1.54) is 12.2 Å². The highest BCUT2D eigenvalue weighted by atomic mass is 28.1. The van der Waals surface area contributed by atoms with Crippen molar-refractivity contribution in [3.63, 3.8) is 0 Å². The number of hydrogen-bond donors (Lipinski definition) is 0. The lowest BCUT2D eigenvalue weighted by atomic mass is 10.3. The fourth-order valence-corrected chi connectivity index (χ4v) is 0.861. The molecule has 0 aliphatic rings. The number of rotatable bonds is 2. The van der Waals surface area contributed by atoms with Gasteiger partial charge in [0.1, 0.15) is 5.82 Å². The Bertz CT molecular complexity index is 183. The van der Waals surface area contributed by atoms with Crippen LogP contribution in [0.1, 0.15) is 19.2 Å². The van der Waals surface area contributed by atoms with Gasteiger partial charge in [-0.1, -0.05) is 6.92 Å². The molecule has 0 unspecified atom stereocenters. The predicted octanol–water partition coefficient (Wildman–Crippen LogP) is 0.992. The van der Waals surface area contributed by atoms with Gasteiger partial charge in [-0.15, -0.1) is 0 Å². The molecule has 1 aromatic heterocycles. The molecule has 1 rings (SSSR count). The predicted molar refractivity (Wildman–Crippen MR) is 43.0 cm³/mol. The molecule has 0 atom stereocenters. The van der Waals surface area contributed by atoms with E-state index < -0.39 is 0 Å². The summed E-state index contributed by atoms with van der Waals surface area (Å²) in [6.45, 7) is 2.16. The third-order valence-corrected chi connectivity index (χ3v) is 1.39. The molecule has 0 N–H and O–H groups in total. The summed E-state index contributed by atoms with van der Waals surface area (Å²) < 4.78 is 2.06. The molecule has 2 nitrogen and oxygen atoms in total. The summed E-state index contributed by atoms with van der Waals surface area (Å²) in [6, 6.07) is 0. The van der Waals surface area contributed by atoms with Gasteiger partial charge in [0.2, 0.25) is 0 Å². The van der Waals surface area contributed by atoms with Gasteiger partial charge in [0.25, 0.3) is 0 Å². The van der Waals surface area contributed by atoms with Crippen molar-refractivity contribution in [1.82, 2.24) is 9.55 Å². The SMILES string of the molecule is CCCc1nccn1C.[Si]. The van der Waals surface area contributed by atoms with Crippen LogP contribution in [-0.2, 0) is 13.5 Å². The smallest absolute Gasteiger partial charge is 0.108 e. The number of aryl methyl sites for hydroxylation is 2. The molecule has 0 bridgehead atoms. The fourth-order valence-electron chi connectivity index (χ4n) is 0.861. The molecule has 0 saturated heterocycles. The van der Waals surface area contributed by atoms with Gasteiger partial charge < -0.3 is 4.57 Å². The molecule has 4 radical (unpaired) electrons. The van der Waals surface area contributed by atoms with Crippen molar-refractivity contribution >= 4 is 11.0 Å². The van der Waals surface area contributed by atoms with E-state index in [1.807, 2.05) is 19.4 Å². The Morgan fingerprint density at radius 3 is 2.70 bits per heavy atom. The summed E-state index contributed by atoms with van der Waals surface area (Å²) >= 11 is 0. The molecule has 0 fully saturated rings. The zero-order valence-electron chi connectivity index (χ0n) is 6.46. The molecule has 0 aliphatic carbocycles.